The van der Waals surface area contributed by atoms with Gasteiger partial charge in [-0.25, -0.2) is 4.98 Å². The van der Waals surface area contributed by atoms with Gasteiger partial charge in [-0.05, 0) is 35.5 Å². The number of hydrogen-bond acceptors (Lipinski definition) is 3. The lowest BCUT2D eigenvalue weighted by Gasteiger charge is -2.03. The third-order valence-corrected chi connectivity index (χ3v) is 2.02. The summed E-state index contributed by atoms with van der Waals surface area (Å²) in [6.07, 6.45) is 2.49. The summed E-state index contributed by atoms with van der Waals surface area (Å²) in [6.45, 7) is 0.715. The molecule has 1 fully saturated rings. The molecule has 0 aliphatic heterocycles. The molecule has 0 radical (unpaired) electrons. The van der Waals surface area contributed by atoms with Gasteiger partial charge in [0.1, 0.15) is 5.82 Å². The molecule has 0 aromatic carbocycles. The summed E-state index contributed by atoms with van der Waals surface area (Å²) in [5, 5.41) is 3.40. The first kappa shape index (κ1) is 8.84. The van der Waals surface area contributed by atoms with Gasteiger partial charge < -0.3 is 4.74 Å². The maximum atomic E-state index is 8.22. The van der Waals surface area contributed by atoms with Gasteiger partial charge in [0.05, 0.1) is 6.61 Å². The van der Waals surface area contributed by atoms with Crippen molar-refractivity contribution in [3.05, 3.63) is 28.6 Å². The largest absolute Gasteiger partial charge is 0.477 e. The van der Waals surface area contributed by atoms with E-state index in [1.54, 1.807) is 18.2 Å². The van der Waals surface area contributed by atoms with E-state index in [1.807, 2.05) is 0 Å². The summed E-state index contributed by atoms with van der Waals surface area (Å²) >= 11 is 0. The average molecular weight is 190 g/mol. The monoisotopic (exact) mass is 190 g/mol. The Kier molecular flexibility index (Phi) is 2.51. The molecule has 0 saturated heterocycles. The highest BCUT2D eigenvalue weighted by atomic mass is 16.5. The van der Waals surface area contributed by atoms with Crippen LogP contribution in [-0.4, -0.2) is 11.6 Å². The summed E-state index contributed by atoms with van der Waals surface area (Å²) in [5.74, 6) is 1.57. The molecule has 0 atom stereocenters. The molecule has 1 aliphatic carbocycles. The Balaban J connectivity index is 2.00. The first-order chi connectivity index (χ1) is 6.88. The van der Waals surface area contributed by atoms with E-state index < -0.39 is 0 Å². The first-order valence-corrected chi connectivity index (χ1v) is 4.53. The summed E-state index contributed by atoms with van der Waals surface area (Å²) in [4.78, 5) is 6.68. The van der Waals surface area contributed by atoms with Crippen LogP contribution in [0.4, 0.5) is 5.82 Å². The molecule has 1 saturated carbocycles. The van der Waals surface area contributed by atoms with Crippen LogP contribution in [0.15, 0.2) is 23.3 Å². The van der Waals surface area contributed by atoms with Gasteiger partial charge in [0.25, 0.3) is 0 Å². The number of pyridine rings is 1. The van der Waals surface area contributed by atoms with Crippen molar-refractivity contribution in [1.82, 2.24) is 4.98 Å². The number of aromatic nitrogens is 1. The van der Waals surface area contributed by atoms with Gasteiger partial charge in [-0.3, -0.25) is 0 Å². The molecule has 1 aromatic rings. The predicted molar refractivity (Wildman–Crippen MR) is 51.3 cm³/mol. The third kappa shape index (κ3) is 2.37. The van der Waals surface area contributed by atoms with Gasteiger partial charge in [-0.15, -0.1) is 0 Å². The predicted octanol–water partition coefficient (Wildman–Crippen LogP) is 2.81. The normalized spacial score (nSPS) is 14.6. The lowest BCUT2D eigenvalue weighted by Crippen LogP contribution is -1.99. The van der Waals surface area contributed by atoms with Crippen molar-refractivity contribution in [1.29, 1.82) is 0 Å². The molecule has 0 amide bonds. The Morgan fingerprint density at radius 2 is 2.43 bits per heavy atom. The summed E-state index contributed by atoms with van der Waals surface area (Å²) in [7, 11) is 0. The smallest absolute Gasteiger partial charge is 0.213 e. The number of rotatable bonds is 4. The third-order valence-electron chi connectivity index (χ3n) is 2.02. The van der Waals surface area contributed by atoms with Crippen LogP contribution in [0.3, 0.4) is 0 Å². The van der Waals surface area contributed by atoms with Crippen LogP contribution in [0.5, 0.6) is 5.88 Å². The van der Waals surface area contributed by atoms with E-state index in [0.29, 0.717) is 24.2 Å². The average Bonchev–Trinajstić information content (AvgIpc) is 2.99. The van der Waals surface area contributed by atoms with Gasteiger partial charge in [0, 0.05) is 11.0 Å². The van der Waals surface area contributed by atoms with E-state index >= 15 is 0 Å². The standard InChI is InChI=1S/C9H10N4O/c10-13-12-8-2-1-3-9(11-8)14-6-7-4-5-7/h1-3,7H,4-6H2. The van der Waals surface area contributed by atoms with Crippen LogP contribution in [0.25, 0.3) is 10.4 Å². The molecule has 0 spiro atoms. The molecule has 14 heavy (non-hydrogen) atoms. The van der Waals surface area contributed by atoms with Crippen LogP contribution in [0.1, 0.15) is 12.8 Å². The zero-order valence-corrected chi connectivity index (χ0v) is 7.63. The van der Waals surface area contributed by atoms with Gasteiger partial charge in [0.15, 0.2) is 0 Å². The van der Waals surface area contributed by atoms with Crippen LogP contribution >= 0.6 is 0 Å². The molecule has 1 heterocycles. The number of hydrogen-bond donors (Lipinski definition) is 0. The minimum absolute atomic E-state index is 0.348. The fourth-order valence-corrected chi connectivity index (χ4v) is 1.07. The second kappa shape index (κ2) is 3.98. The van der Waals surface area contributed by atoms with E-state index in [2.05, 4.69) is 15.0 Å². The minimum atomic E-state index is 0.348. The topological polar surface area (TPSA) is 70.9 Å². The van der Waals surface area contributed by atoms with Crippen molar-refractivity contribution in [2.24, 2.45) is 11.0 Å². The Bertz CT molecular complexity index is 369. The van der Waals surface area contributed by atoms with Crippen molar-refractivity contribution in [3.63, 3.8) is 0 Å². The second-order valence-electron chi connectivity index (χ2n) is 3.28. The summed E-state index contributed by atoms with van der Waals surface area (Å²) < 4.78 is 5.42. The zero-order valence-electron chi connectivity index (χ0n) is 7.63. The Hall–Kier alpha value is -1.74. The molecule has 0 unspecified atom stereocenters. The lowest BCUT2D eigenvalue weighted by molar-refractivity contribution is 0.289. The maximum absolute atomic E-state index is 8.22. The summed E-state index contributed by atoms with van der Waals surface area (Å²) in [6, 6.07) is 5.17. The van der Waals surface area contributed by atoms with Crippen molar-refractivity contribution in [3.8, 4) is 5.88 Å². The Morgan fingerprint density at radius 3 is 3.14 bits per heavy atom. The van der Waals surface area contributed by atoms with Gasteiger partial charge in [-0.2, -0.15) is 0 Å². The fourth-order valence-electron chi connectivity index (χ4n) is 1.07. The molecule has 0 N–H and O–H groups in total. The molecule has 5 nitrogen and oxygen atoms in total. The maximum Gasteiger partial charge on any atom is 0.213 e. The molecule has 1 aliphatic rings. The number of azide groups is 1. The number of nitrogens with zero attached hydrogens (tertiary/aromatic N) is 4. The van der Waals surface area contributed by atoms with E-state index in [9.17, 15) is 0 Å². The molecule has 1 aromatic heterocycles. The second-order valence-corrected chi connectivity index (χ2v) is 3.28. The quantitative estimate of drug-likeness (QED) is 0.416. The fraction of sp³-hybridized carbons (Fsp3) is 0.444. The molecular formula is C9H10N4O. The van der Waals surface area contributed by atoms with E-state index in [0.717, 1.165) is 0 Å². The lowest BCUT2D eigenvalue weighted by atomic mass is 10.4. The number of ether oxygens (including phenoxy) is 1. The van der Waals surface area contributed by atoms with E-state index in [4.69, 9.17) is 10.3 Å². The summed E-state index contributed by atoms with van der Waals surface area (Å²) in [5.41, 5.74) is 8.22. The van der Waals surface area contributed by atoms with Crippen LogP contribution < -0.4 is 4.74 Å². The minimum Gasteiger partial charge on any atom is -0.477 e. The van der Waals surface area contributed by atoms with Crippen molar-refractivity contribution >= 4 is 5.82 Å². The highest BCUT2D eigenvalue weighted by Gasteiger charge is 2.21. The van der Waals surface area contributed by atoms with Crippen LogP contribution in [0.2, 0.25) is 0 Å². The van der Waals surface area contributed by atoms with Crippen molar-refractivity contribution in [2.45, 2.75) is 12.8 Å². The van der Waals surface area contributed by atoms with Crippen molar-refractivity contribution in [2.75, 3.05) is 6.61 Å². The van der Waals surface area contributed by atoms with E-state index in [-0.39, 0.29) is 0 Å². The van der Waals surface area contributed by atoms with Gasteiger partial charge in [-0.1, -0.05) is 6.07 Å². The molecule has 5 heteroatoms. The molecular weight excluding hydrogens is 180 g/mol. The molecule has 2 rings (SSSR count). The SMILES string of the molecule is [N-]=[N+]=Nc1cccc(OCC2CC2)n1. The highest BCUT2D eigenvalue weighted by Crippen LogP contribution is 2.29. The van der Waals surface area contributed by atoms with E-state index in [1.165, 1.54) is 12.8 Å². The Labute approximate surface area is 81.4 Å². The zero-order chi connectivity index (χ0) is 9.80. The highest BCUT2D eigenvalue weighted by molar-refractivity contribution is 5.30. The molecule has 72 valence electrons. The van der Waals surface area contributed by atoms with Gasteiger partial charge in [0.2, 0.25) is 5.88 Å². The van der Waals surface area contributed by atoms with Crippen LogP contribution in [-0.2, 0) is 0 Å². The molecule has 0 bridgehead atoms. The van der Waals surface area contributed by atoms with Gasteiger partial charge >= 0.3 is 0 Å². The Morgan fingerprint density at radius 1 is 1.57 bits per heavy atom. The van der Waals surface area contributed by atoms with Crippen LogP contribution in [0, 0.1) is 5.92 Å². The van der Waals surface area contributed by atoms with Crippen molar-refractivity contribution < 1.29 is 4.74 Å². The first-order valence-electron chi connectivity index (χ1n) is 4.53.